The minimum absolute atomic E-state index is 0.168. The molecular weight excluding hydrogens is 478 g/mol. The quantitative estimate of drug-likeness (QED) is 0.512. The van der Waals surface area contributed by atoms with Gasteiger partial charge in [-0.05, 0) is 50.8 Å². The number of amides is 1. The SMILES string of the molecule is CCOC(=O)c1c(NC(=O)CN2CCC[C@@H](C(=O)OCC)C2)sc2c1CCN(Cc1ccccc1)C2. The molecule has 194 valence electrons. The number of anilines is 1. The Kier molecular flexibility index (Phi) is 9.12. The van der Waals surface area contributed by atoms with Gasteiger partial charge < -0.3 is 14.8 Å². The standard InChI is InChI=1S/C27H35N3O5S/c1-3-34-26(32)20-11-8-13-29(16-20)18-23(31)28-25-24(27(33)35-4-2)21-12-14-30(17-22(21)36-25)15-19-9-6-5-7-10-19/h5-7,9-10,20H,3-4,8,11-18H2,1-2H3,(H,28,31)/t20-/m1/s1. The zero-order valence-corrected chi connectivity index (χ0v) is 21.9. The first kappa shape index (κ1) is 26.3. The predicted octanol–water partition coefficient (Wildman–Crippen LogP) is 3.70. The maximum absolute atomic E-state index is 13.0. The molecule has 36 heavy (non-hydrogen) atoms. The van der Waals surface area contributed by atoms with Crippen molar-refractivity contribution in [3.05, 3.63) is 51.9 Å². The van der Waals surface area contributed by atoms with Crippen LogP contribution >= 0.6 is 11.3 Å². The molecule has 0 saturated carbocycles. The molecule has 4 rings (SSSR count). The summed E-state index contributed by atoms with van der Waals surface area (Å²) in [7, 11) is 0. The molecule has 0 unspecified atom stereocenters. The highest BCUT2D eigenvalue weighted by Crippen LogP contribution is 2.38. The molecule has 8 nitrogen and oxygen atoms in total. The van der Waals surface area contributed by atoms with Crippen LogP contribution in [0.25, 0.3) is 0 Å². The van der Waals surface area contributed by atoms with Crippen molar-refractivity contribution in [2.75, 3.05) is 44.7 Å². The highest BCUT2D eigenvalue weighted by molar-refractivity contribution is 7.17. The molecule has 0 spiro atoms. The van der Waals surface area contributed by atoms with Crippen LogP contribution < -0.4 is 5.32 Å². The second-order valence-electron chi connectivity index (χ2n) is 9.25. The van der Waals surface area contributed by atoms with Gasteiger partial charge >= 0.3 is 11.9 Å². The first-order valence-corrected chi connectivity index (χ1v) is 13.6. The molecule has 1 aromatic carbocycles. The summed E-state index contributed by atoms with van der Waals surface area (Å²) in [5.41, 5.74) is 2.73. The van der Waals surface area contributed by atoms with Gasteiger partial charge in [-0.1, -0.05) is 30.3 Å². The third kappa shape index (κ3) is 6.52. The van der Waals surface area contributed by atoms with Crippen molar-refractivity contribution in [3.8, 4) is 0 Å². The van der Waals surface area contributed by atoms with E-state index in [1.54, 1.807) is 13.8 Å². The Hall–Kier alpha value is -2.75. The largest absolute Gasteiger partial charge is 0.466 e. The van der Waals surface area contributed by atoms with Crippen LogP contribution in [0.3, 0.4) is 0 Å². The normalized spacial score (nSPS) is 18.3. The number of rotatable bonds is 9. The van der Waals surface area contributed by atoms with Gasteiger partial charge in [0.2, 0.25) is 5.91 Å². The maximum atomic E-state index is 13.0. The number of nitrogens with zero attached hydrogens (tertiary/aromatic N) is 2. The van der Waals surface area contributed by atoms with Gasteiger partial charge in [-0.2, -0.15) is 0 Å². The first-order valence-electron chi connectivity index (χ1n) is 12.7. The molecule has 9 heteroatoms. The fraction of sp³-hybridized carbons (Fsp3) is 0.519. The van der Waals surface area contributed by atoms with E-state index in [2.05, 4.69) is 22.3 Å². The summed E-state index contributed by atoms with van der Waals surface area (Å²) in [6.45, 7) is 8.05. The Morgan fingerprint density at radius 3 is 2.58 bits per heavy atom. The van der Waals surface area contributed by atoms with Crippen LogP contribution in [0.2, 0.25) is 0 Å². The predicted molar refractivity (Wildman–Crippen MR) is 139 cm³/mol. The van der Waals surface area contributed by atoms with Crippen LogP contribution in [0.5, 0.6) is 0 Å². The minimum Gasteiger partial charge on any atom is -0.466 e. The van der Waals surface area contributed by atoms with Crippen molar-refractivity contribution < 1.29 is 23.9 Å². The molecule has 0 bridgehead atoms. The number of fused-ring (bicyclic) bond motifs is 1. The van der Waals surface area contributed by atoms with Crippen molar-refractivity contribution in [2.45, 2.75) is 46.2 Å². The van der Waals surface area contributed by atoms with E-state index >= 15 is 0 Å². The molecule has 0 aliphatic carbocycles. The van der Waals surface area contributed by atoms with E-state index in [9.17, 15) is 14.4 Å². The number of likely N-dealkylation sites (tertiary alicyclic amines) is 1. The van der Waals surface area contributed by atoms with Gasteiger partial charge in [0.15, 0.2) is 0 Å². The number of carbonyl (C=O) groups is 3. The first-order chi connectivity index (χ1) is 17.5. The Balaban J connectivity index is 1.45. The number of hydrogen-bond donors (Lipinski definition) is 1. The molecule has 3 heterocycles. The van der Waals surface area contributed by atoms with Gasteiger partial charge in [0.05, 0.1) is 31.2 Å². The van der Waals surface area contributed by atoms with Crippen LogP contribution in [0, 0.1) is 5.92 Å². The third-order valence-corrected chi connectivity index (χ3v) is 7.74. The van der Waals surface area contributed by atoms with Gasteiger partial charge in [-0.15, -0.1) is 11.3 Å². The van der Waals surface area contributed by atoms with Crippen molar-refractivity contribution in [1.82, 2.24) is 9.80 Å². The maximum Gasteiger partial charge on any atom is 0.341 e. The molecule has 2 aromatic rings. The summed E-state index contributed by atoms with van der Waals surface area (Å²) < 4.78 is 10.5. The van der Waals surface area contributed by atoms with Gasteiger partial charge in [0.1, 0.15) is 5.00 Å². The summed E-state index contributed by atoms with van der Waals surface area (Å²) in [6.07, 6.45) is 2.35. The van der Waals surface area contributed by atoms with Crippen LogP contribution in [0.1, 0.15) is 53.1 Å². The van der Waals surface area contributed by atoms with Gasteiger partial charge in [0.25, 0.3) is 0 Å². The number of nitrogens with one attached hydrogen (secondary N) is 1. The van der Waals surface area contributed by atoms with Crippen molar-refractivity contribution in [1.29, 1.82) is 0 Å². The number of piperidine rings is 1. The highest BCUT2D eigenvalue weighted by Gasteiger charge is 2.31. The second-order valence-corrected chi connectivity index (χ2v) is 10.4. The monoisotopic (exact) mass is 513 g/mol. The number of hydrogen-bond acceptors (Lipinski definition) is 8. The molecule has 1 aromatic heterocycles. The van der Waals surface area contributed by atoms with Crippen molar-refractivity contribution in [3.63, 3.8) is 0 Å². The summed E-state index contributed by atoms with van der Waals surface area (Å²) in [5, 5.41) is 3.55. The number of carbonyl (C=O) groups excluding carboxylic acids is 3. The van der Waals surface area contributed by atoms with Crippen LogP contribution in [0.4, 0.5) is 5.00 Å². The van der Waals surface area contributed by atoms with Gasteiger partial charge in [0, 0.05) is 31.1 Å². The molecule has 2 aliphatic heterocycles. The zero-order valence-electron chi connectivity index (χ0n) is 21.1. The van der Waals surface area contributed by atoms with E-state index in [0.29, 0.717) is 23.7 Å². The number of ether oxygens (including phenoxy) is 2. The molecule has 1 amide bonds. The molecule has 2 aliphatic rings. The highest BCUT2D eigenvalue weighted by atomic mass is 32.1. The minimum atomic E-state index is -0.387. The lowest BCUT2D eigenvalue weighted by Gasteiger charge is -2.30. The fourth-order valence-electron chi connectivity index (χ4n) is 4.96. The van der Waals surface area contributed by atoms with Crippen LogP contribution in [0.15, 0.2) is 30.3 Å². The Bertz CT molecular complexity index is 1070. The second kappa shape index (κ2) is 12.5. The van der Waals surface area contributed by atoms with Gasteiger partial charge in [-0.3, -0.25) is 19.4 Å². The Morgan fingerprint density at radius 1 is 1.06 bits per heavy atom. The van der Waals surface area contributed by atoms with E-state index in [0.717, 1.165) is 55.9 Å². The summed E-state index contributed by atoms with van der Waals surface area (Å²) >= 11 is 1.47. The lowest BCUT2D eigenvalue weighted by molar-refractivity contribution is -0.150. The van der Waals surface area contributed by atoms with E-state index in [-0.39, 0.29) is 36.9 Å². The van der Waals surface area contributed by atoms with E-state index in [1.165, 1.54) is 16.9 Å². The lowest BCUT2D eigenvalue weighted by atomic mass is 9.98. The number of esters is 2. The smallest absolute Gasteiger partial charge is 0.341 e. The molecule has 1 N–H and O–H groups in total. The molecule has 0 radical (unpaired) electrons. The Labute approximate surface area is 216 Å². The Morgan fingerprint density at radius 2 is 1.83 bits per heavy atom. The van der Waals surface area contributed by atoms with E-state index in [4.69, 9.17) is 9.47 Å². The summed E-state index contributed by atoms with van der Waals surface area (Å²) in [4.78, 5) is 43.5. The van der Waals surface area contributed by atoms with Crippen LogP contribution in [-0.2, 0) is 38.6 Å². The topological polar surface area (TPSA) is 88.2 Å². The molecule has 1 atom stereocenters. The molecule has 1 fully saturated rings. The number of thiophene rings is 1. The summed E-state index contributed by atoms with van der Waals surface area (Å²) in [6, 6.07) is 10.3. The fourth-order valence-corrected chi connectivity index (χ4v) is 6.26. The number of benzene rings is 1. The van der Waals surface area contributed by atoms with E-state index < -0.39 is 0 Å². The third-order valence-electron chi connectivity index (χ3n) is 6.61. The zero-order chi connectivity index (χ0) is 25.5. The van der Waals surface area contributed by atoms with Crippen molar-refractivity contribution in [2.24, 2.45) is 5.92 Å². The average Bonchev–Trinajstić information content (AvgIpc) is 3.22. The van der Waals surface area contributed by atoms with Crippen LogP contribution in [-0.4, -0.2) is 67.0 Å². The van der Waals surface area contributed by atoms with E-state index in [1.807, 2.05) is 23.1 Å². The molecular formula is C27H35N3O5S. The van der Waals surface area contributed by atoms with Crippen molar-refractivity contribution >= 4 is 34.2 Å². The average molecular weight is 514 g/mol. The molecule has 1 saturated heterocycles. The summed E-state index contributed by atoms with van der Waals surface area (Å²) in [5.74, 6) is -0.976. The van der Waals surface area contributed by atoms with Gasteiger partial charge in [-0.25, -0.2) is 4.79 Å². The lowest BCUT2D eigenvalue weighted by Crippen LogP contribution is -2.43.